The number of aromatic nitrogens is 3. The van der Waals surface area contributed by atoms with Crippen LogP contribution in [0.15, 0.2) is 36.8 Å². The van der Waals surface area contributed by atoms with Gasteiger partial charge >= 0.3 is 0 Å². The molecule has 0 radical (unpaired) electrons. The van der Waals surface area contributed by atoms with Crippen LogP contribution in [0.25, 0.3) is 5.65 Å². The molecule has 7 heteroatoms. The molecule has 2 heterocycles. The van der Waals surface area contributed by atoms with Crippen molar-refractivity contribution in [2.45, 2.75) is 6.92 Å². The molecule has 1 aromatic carbocycles. The topological polar surface area (TPSA) is 89.5 Å². The number of hydrogen-bond donors (Lipinski definition) is 3. The summed E-state index contributed by atoms with van der Waals surface area (Å²) in [5.74, 6) is 7.44. The summed E-state index contributed by atoms with van der Waals surface area (Å²) in [5, 5.41) is 3.28. The summed E-state index contributed by atoms with van der Waals surface area (Å²) in [6.45, 7) is 2.00. The average Bonchev–Trinajstić information content (AvgIpc) is 2.97. The maximum atomic E-state index is 5.45. The third-order valence-corrected chi connectivity index (χ3v) is 3.21. The zero-order chi connectivity index (χ0) is 14.8. The van der Waals surface area contributed by atoms with Gasteiger partial charge in [-0.1, -0.05) is 0 Å². The third-order valence-electron chi connectivity index (χ3n) is 3.21. The standard InChI is InChI=1S/C14H16N6O/c1-9-7-10(21-2)3-4-11(9)17-13-14-16-5-6-20(14)8-12(18-13)19-15/h3-8,19H,15H2,1-2H3,(H,17,18). The number of nitrogens with two attached hydrogens (primary N) is 1. The lowest BCUT2D eigenvalue weighted by atomic mass is 10.2. The Bertz CT molecular complexity index is 782. The van der Waals surface area contributed by atoms with Gasteiger partial charge in [-0.3, -0.25) is 0 Å². The number of hydrazine groups is 1. The van der Waals surface area contributed by atoms with Crippen molar-refractivity contribution in [2.24, 2.45) is 5.84 Å². The lowest BCUT2D eigenvalue weighted by Crippen LogP contribution is -2.11. The highest BCUT2D eigenvalue weighted by molar-refractivity contribution is 5.73. The van der Waals surface area contributed by atoms with E-state index in [0.29, 0.717) is 11.6 Å². The second-order valence-corrected chi connectivity index (χ2v) is 4.58. The number of nitrogens with zero attached hydrogens (tertiary/aromatic N) is 3. The summed E-state index contributed by atoms with van der Waals surface area (Å²) >= 11 is 0. The fourth-order valence-corrected chi connectivity index (χ4v) is 2.12. The van der Waals surface area contributed by atoms with E-state index in [2.05, 4.69) is 20.7 Å². The molecule has 3 aromatic rings. The van der Waals surface area contributed by atoms with Crippen LogP contribution in [0, 0.1) is 6.92 Å². The second kappa shape index (κ2) is 5.29. The highest BCUT2D eigenvalue weighted by Gasteiger charge is 2.09. The van der Waals surface area contributed by atoms with Gasteiger partial charge in [0, 0.05) is 18.1 Å². The van der Waals surface area contributed by atoms with Gasteiger partial charge in [0.15, 0.2) is 17.3 Å². The first-order valence-corrected chi connectivity index (χ1v) is 6.43. The molecule has 0 spiro atoms. The number of benzene rings is 1. The van der Waals surface area contributed by atoms with Crippen molar-refractivity contribution in [3.05, 3.63) is 42.4 Å². The monoisotopic (exact) mass is 284 g/mol. The Labute approximate surface area is 121 Å². The van der Waals surface area contributed by atoms with Gasteiger partial charge in [-0.05, 0) is 30.7 Å². The average molecular weight is 284 g/mol. The molecule has 2 aromatic heterocycles. The van der Waals surface area contributed by atoms with Crippen molar-refractivity contribution in [2.75, 3.05) is 17.9 Å². The van der Waals surface area contributed by atoms with Gasteiger partial charge in [-0.15, -0.1) is 0 Å². The Morgan fingerprint density at radius 1 is 1.33 bits per heavy atom. The minimum Gasteiger partial charge on any atom is -0.497 e. The Kier molecular flexibility index (Phi) is 3.33. The van der Waals surface area contributed by atoms with Gasteiger partial charge in [-0.2, -0.15) is 0 Å². The molecule has 0 aliphatic carbocycles. The van der Waals surface area contributed by atoms with E-state index in [1.165, 1.54) is 0 Å². The molecule has 0 saturated heterocycles. The van der Waals surface area contributed by atoms with Crippen LogP contribution in [0.5, 0.6) is 5.75 Å². The predicted molar refractivity (Wildman–Crippen MR) is 81.8 cm³/mol. The third kappa shape index (κ3) is 2.46. The summed E-state index contributed by atoms with van der Waals surface area (Å²) < 4.78 is 7.06. The first-order valence-electron chi connectivity index (χ1n) is 6.43. The molecular weight excluding hydrogens is 268 g/mol. The van der Waals surface area contributed by atoms with E-state index >= 15 is 0 Å². The van der Waals surface area contributed by atoms with E-state index in [1.807, 2.05) is 35.7 Å². The van der Waals surface area contributed by atoms with Gasteiger partial charge in [0.05, 0.1) is 13.3 Å². The summed E-state index contributed by atoms with van der Waals surface area (Å²) in [7, 11) is 1.65. The number of anilines is 3. The largest absolute Gasteiger partial charge is 0.497 e. The van der Waals surface area contributed by atoms with Crippen molar-refractivity contribution in [1.82, 2.24) is 14.4 Å². The van der Waals surface area contributed by atoms with E-state index in [-0.39, 0.29) is 0 Å². The van der Waals surface area contributed by atoms with E-state index < -0.39 is 0 Å². The van der Waals surface area contributed by atoms with Gasteiger partial charge in [0.25, 0.3) is 0 Å². The molecule has 4 N–H and O–H groups in total. The smallest absolute Gasteiger partial charge is 0.180 e. The van der Waals surface area contributed by atoms with E-state index in [0.717, 1.165) is 22.6 Å². The summed E-state index contributed by atoms with van der Waals surface area (Å²) in [6, 6.07) is 5.79. The normalized spacial score (nSPS) is 10.6. The SMILES string of the molecule is COc1ccc(Nc2nc(NN)cn3ccnc23)c(C)c1. The Morgan fingerprint density at radius 3 is 2.90 bits per heavy atom. The molecule has 0 unspecified atom stereocenters. The molecule has 0 bridgehead atoms. The van der Waals surface area contributed by atoms with E-state index in [1.54, 1.807) is 19.5 Å². The Morgan fingerprint density at radius 2 is 2.19 bits per heavy atom. The highest BCUT2D eigenvalue weighted by Crippen LogP contribution is 2.26. The fraction of sp³-hybridized carbons (Fsp3) is 0.143. The van der Waals surface area contributed by atoms with Gasteiger partial charge in [0.2, 0.25) is 0 Å². The lowest BCUT2D eigenvalue weighted by Gasteiger charge is -2.12. The molecule has 7 nitrogen and oxygen atoms in total. The number of aryl methyl sites for hydroxylation is 1. The number of nitrogens with one attached hydrogen (secondary N) is 2. The van der Waals surface area contributed by atoms with E-state index in [9.17, 15) is 0 Å². The molecule has 0 aliphatic rings. The number of ether oxygens (including phenoxy) is 1. The highest BCUT2D eigenvalue weighted by atomic mass is 16.5. The van der Waals surface area contributed by atoms with Gasteiger partial charge in [-0.25, -0.2) is 15.8 Å². The molecule has 0 aliphatic heterocycles. The first kappa shape index (κ1) is 13.2. The predicted octanol–water partition coefficient (Wildman–Crippen LogP) is 2.08. The molecule has 3 rings (SSSR count). The van der Waals surface area contributed by atoms with E-state index in [4.69, 9.17) is 10.6 Å². The number of fused-ring (bicyclic) bond motifs is 1. The number of methoxy groups -OCH3 is 1. The molecular formula is C14H16N6O. The number of hydrogen-bond acceptors (Lipinski definition) is 6. The zero-order valence-corrected chi connectivity index (χ0v) is 11.8. The molecule has 0 fully saturated rings. The van der Waals surface area contributed by atoms with Crippen LogP contribution < -0.4 is 21.3 Å². The van der Waals surface area contributed by atoms with Crippen molar-refractivity contribution >= 4 is 23.0 Å². The lowest BCUT2D eigenvalue weighted by molar-refractivity contribution is 0.414. The maximum Gasteiger partial charge on any atom is 0.180 e. The van der Waals surface area contributed by atoms with Crippen LogP contribution in [-0.2, 0) is 0 Å². The van der Waals surface area contributed by atoms with Crippen molar-refractivity contribution < 1.29 is 4.74 Å². The van der Waals surface area contributed by atoms with Gasteiger partial charge in [0.1, 0.15) is 5.75 Å². The summed E-state index contributed by atoms with van der Waals surface area (Å²) in [6.07, 6.45) is 5.32. The van der Waals surface area contributed by atoms with Crippen LogP contribution in [0.1, 0.15) is 5.56 Å². The van der Waals surface area contributed by atoms with Crippen LogP contribution in [0.2, 0.25) is 0 Å². The number of imidazole rings is 1. The number of rotatable bonds is 4. The quantitative estimate of drug-likeness (QED) is 0.502. The minimum atomic E-state index is 0.550. The summed E-state index contributed by atoms with van der Waals surface area (Å²) in [5.41, 5.74) is 5.26. The van der Waals surface area contributed by atoms with Crippen molar-refractivity contribution in [1.29, 1.82) is 0 Å². The molecule has 0 saturated carbocycles. The first-order chi connectivity index (χ1) is 10.2. The fourth-order valence-electron chi connectivity index (χ4n) is 2.12. The Hall–Kier alpha value is -2.80. The maximum absolute atomic E-state index is 5.45. The van der Waals surface area contributed by atoms with Gasteiger partial charge < -0.3 is 19.9 Å². The van der Waals surface area contributed by atoms with Crippen molar-refractivity contribution in [3.8, 4) is 5.75 Å². The van der Waals surface area contributed by atoms with Crippen LogP contribution in [0.3, 0.4) is 0 Å². The van der Waals surface area contributed by atoms with Crippen molar-refractivity contribution in [3.63, 3.8) is 0 Å². The molecule has 0 amide bonds. The van der Waals surface area contributed by atoms with Crippen LogP contribution in [0.4, 0.5) is 17.3 Å². The molecule has 0 atom stereocenters. The number of nitrogen functional groups attached to an aromatic ring is 1. The van der Waals surface area contributed by atoms with Crippen LogP contribution in [-0.4, -0.2) is 21.5 Å². The molecule has 21 heavy (non-hydrogen) atoms. The second-order valence-electron chi connectivity index (χ2n) is 4.58. The summed E-state index contributed by atoms with van der Waals surface area (Å²) in [4.78, 5) is 8.71. The van der Waals surface area contributed by atoms with Crippen LogP contribution >= 0.6 is 0 Å². The Balaban J connectivity index is 2.03. The minimum absolute atomic E-state index is 0.550. The molecule has 108 valence electrons. The zero-order valence-electron chi connectivity index (χ0n) is 11.8.